The Kier molecular flexibility index (Phi) is 7.91. The number of nitrogens with zero attached hydrogens (tertiary/aromatic N) is 2. The second-order valence-corrected chi connectivity index (χ2v) is 13.1. The molecule has 0 amide bonds. The van der Waals surface area contributed by atoms with Gasteiger partial charge in [0.15, 0.2) is 0 Å². The van der Waals surface area contributed by atoms with Gasteiger partial charge in [-0.1, -0.05) is 141 Å². The molecule has 0 atom stereocenters. The monoisotopic (exact) mass is 630 g/mol. The van der Waals surface area contributed by atoms with Gasteiger partial charge in [-0.25, -0.2) is 0 Å². The van der Waals surface area contributed by atoms with Gasteiger partial charge in [0, 0.05) is 28.2 Å². The SMILES string of the molecule is CC1(C)c2ccccc2N(c2ccccc2)c2ccc(-c3ccc(/C=C/c4ccc(N(c5ccccc5)c5ccccc5)cc4)cc3)cc21. The Bertz CT molecular complexity index is 2180. The molecule has 7 aromatic rings. The van der Waals surface area contributed by atoms with Gasteiger partial charge in [0.2, 0.25) is 0 Å². The Morgan fingerprint density at radius 1 is 0.429 bits per heavy atom. The summed E-state index contributed by atoms with van der Waals surface area (Å²) in [5.41, 5.74) is 14.4. The summed E-state index contributed by atoms with van der Waals surface area (Å²) in [7, 11) is 0. The Morgan fingerprint density at radius 2 is 0.898 bits per heavy atom. The van der Waals surface area contributed by atoms with E-state index in [-0.39, 0.29) is 5.41 Å². The molecule has 0 bridgehead atoms. The molecule has 0 unspecified atom stereocenters. The summed E-state index contributed by atoms with van der Waals surface area (Å²) in [6, 6.07) is 65.1. The first-order valence-corrected chi connectivity index (χ1v) is 16.9. The lowest BCUT2D eigenvalue weighted by molar-refractivity contribution is 0.632. The van der Waals surface area contributed by atoms with Gasteiger partial charge in [-0.2, -0.15) is 0 Å². The second-order valence-electron chi connectivity index (χ2n) is 13.1. The summed E-state index contributed by atoms with van der Waals surface area (Å²) in [6.45, 7) is 4.69. The molecule has 0 radical (unpaired) electrons. The number of anilines is 6. The van der Waals surface area contributed by atoms with Crippen LogP contribution in [-0.2, 0) is 5.41 Å². The molecule has 236 valence electrons. The molecular formula is C47H38N2. The van der Waals surface area contributed by atoms with E-state index in [1.807, 2.05) is 0 Å². The van der Waals surface area contributed by atoms with Crippen LogP contribution in [0.25, 0.3) is 23.3 Å². The number of fused-ring (bicyclic) bond motifs is 2. The zero-order chi connectivity index (χ0) is 33.2. The first-order valence-electron chi connectivity index (χ1n) is 16.9. The van der Waals surface area contributed by atoms with E-state index < -0.39 is 0 Å². The smallest absolute Gasteiger partial charge is 0.0503 e. The van der Waals surface area contributed by atoms with Crippen molar-refractivity contribution in [2.24, 2.45) is 0 Å². The first kappa shape index (κ1) is 30.2. The lowest BCUT2D eigenvalue weighted by atomic mass is 9.73. The van der Waals surface area contributed by atoms with E-state index in [0.29, 0.717) is 0 Å². The highest BCUT2D eigenvalue weighted by Crippen LogP contribution is 2.52. The number of hydrogen-bond acceptors (Lipinski definition) is 2. The van der Waals surface area contributed by atoms with Gasteiger partial charge < -0.3 is 9.80 Å². The summed E-state index contributed by atoms with van der Waals surface area (Å²) in [6.07, 6.45) is 4.38. The average molecular weight is 631 g/mol. The molecule has 2 heteroatoms. The minimum Gasteiger partial charge on any atom is -0.311 e. The molecule has 49 heavy (non-hydrogen) atoms. The van der Waals surface area contributed by atoms with Crippen LogP contribution >= 0.6 is 0 Å². The Labute approximate surface area is 289 Å². The molecule has 1 aliphatic heterocycles. The topological polar surface area (TPSA) is 6.48 Å². The van der Waals surface area contributed by atoms with Crippen LogP contribution in [0.1, 0.15) is 36.1 Å². The molecule has 1 heterocycles. The largest absolute Gasteiger partial charge is 0.311 e. The van der Waals surface area contributed by atoms with Crippen LogP contribution < -0.4 is 9.80 Å². The zero-order valence-electron chi connectivity index (χ0n) is 27.9. The molecule has 0 saturated carbocycles. The summed E-state index contributed by atoms with van der Waals surface area (Å²) in [5, 5.41) is 0. The quantitative estimate of drug-likeness (QED) is 0.162. The van der Waals surface area contributed by atoms with Crippen LogP contribution in [0.3, 0.4) is 0 Å². The molecule has 8 rings (SSSR count). The molecule has 0 aliphatic carbocycles. The fourth-order valence-electron chi connectivity index (χ4n) is 7.05. The van der Waals surface area contributed by atoms with E-state index >= 15 is 0 Å². The van der Waals surface area contributed by atoms with E-state index in [4.69, 9.17) is 0 Å². The summed E-state index contributed by atoms with van der Waals surface area (Å²) in [4.78, 5) is 4.69. The summed E-state index contributed by atoms with van der Waals surface area (Å²) < 4.78 is 0. The lowest BCUT2D eigenvalue weighted by Crippen LogP contribution is -2.30. The predicted molar refractivity (Wildman–Crippen MR) is 209 cm³/mol. The lowest BCUT2D eigenvalue weighted by Gasteiger charge is -2.42. The highest BCUT2D eigenvalue weighted by atomic mass is 15.2. The molecule has 0 spiro atoms. The van der Waals surface area contributed by atoms with Gasteiger partial charge in [0.05, 0.1) is 11.4 Å². The molecule has 1 aliphatic rings. The van der Waals surface area contributed by atoms with E-state index in [1.54, 1.807) is 0 Å². The van der Waals surface area contributed by atoms with Crippen molar-refractivity contribution >= 4 is 46.3 Å². The summed E-state index contributed by atoms with van der Waals surface area (Å²) >= 11 is 0. The third kappa shape index (κ3) is 5.83. The maximum absolute atomic E-state index is 2.40. The number of benzene rings is 7. The number of rotatable bonds is 7. The predicted octanol–water partition coefficient (Wildman–Crippen LogP) is 13.1. The van der Waals surface area contributed by atoms with Crippen LogP contribution in [0, 0.1) is 0 Å². The fourth-order valence-corrected chi connectivity index (χ4v) is 7.05. The Morgan fingerprint density at radius 3 is 1.51 bits per heavy atom. The maximum Gasteiger partial charge on any atom is 0.0503 e. The van der Waals surface area contributed by atoms with Gasteiger partial charge in [0.1, 0.15) is 0 Å². The normalized spacial score (nSPS) is 13.1. The van der Waals surface area contributed by atoms with Gasteiger partial charge >= 0.3 is 0 Å². The molecule has 7 aromatic carbocycles. The van der Waals surface area contributed by atoms with Crippen molar-refractivity contribution in [1.29, 1.82) is 0 Å². The first-order chi connectivity index (χ1) is 24.1. The molecule has 0 aromatic heterocycles. The van der Waals surface area contributed by atoms with Crippen molar-refractivity contribution in [2.75, 3.05) is 9.80 Å². The molecule has 0 fully saturated rings. The van der Waals surface area contributed by atoms with E-state index in [9.17, 15) is 0 Å². The van der Waals surface area contributed by atoms with Crippen molar-refractivity contribution in [1.82, 2.24) is 0 Å². The molecule has 0 N–H and O–H groups in total. The van der Waals surface area contributed by atoms with E-state index in [0.717, 1.165) is 22.6 Å². The van der Waals surface area contributed by atoms with Crippen molar-refractivity contribution in [3.05, 3.63) is 204 Å². The second kappa shape index (κ2) is 12.8. The fraction of sp³-hybridized carbons (Fsp3) is 0.0638. The van der Waals surface area contributed by atoms with Gasteiger partial charge in [-0.05, 0) is 100 Å². The third-order valence-corrected chi connectivity index (χ3v) is 9.64. The van der Waals surface area contributed by atoms with E-state index in [1.165, 1.54) is 44.9 Å². The average Bonchev–Trinajstić information content (AvgIpc) is 3.16. The van der Waals surface area contributed by atoms with Crippen molar-refractivity contribution in [2.45, 2.75) is 19.3 Å². The highest BCUT2D eigenvalue weighted by molar-refractivity contribution is 5.87. The van der Waals surface area contributed by atoms with Crippen LogP contribution in [0.5, 0.6) is 0 Å². The summed E-state index contributed by atoms with van der Waals surface area (Å²) in [5.74, 6) is 0. The maximum atomic E-state index is 2.40. The van der Waals surface area contributed by atoms with Gasteiger partial charge in [0.25, 0.3) is 0 Å². The third-order valence-electron chi connectivity index (χ3n) is 9.64. The van der Waals surface area contributed by atoms with Crippen molar-refractivity contribution in [3.8, 4) is 11.1 Å². The number of para-hydroxylation sites is 4. The van der Waals surface area contributed by atoms with Crippen LogP contribution in [-0.4, -0.2) is 0 Å². The highest BCUT2D eigenvalue weighted by Gasteiger charge is 2.36. The van der Waals surface area contributed by atoms with Crippen LogP contribution in [0.15, 0.2) is 182 Å². The van der Waals surface area contributed by atoms with Crippen molar-refractivity contribution < 1.29 is 0 Å². The standard InChI is InChI=1S/C47H38N2/c1-47(2)43-20-12-13-21-45(43)49(41-18-10-5-11-19-41)46-33-30-38(34-44(46)47)37-28-24-35(25-29-37)22-23-36-26-31-42(32-27-36)48(39-14-6-3-7-15-39)40-16-8-4-9-17-40/h3-34H,1-2H3/b23-22+. The van der Waals surface area contributed by atoms with E-state index in [2.05, 4.69) is 218 Å². The molecule has 2 nitrogen and oxygen atoms in total. The van der Waals surface area contributed by atoms with Gasteiger partial charge in [-0.15, -0.1) is 0 Å². The molecule has 0 saturated heterocycles. The Balaban J connectivity index is 1.05. The van der Waals surface area contributed by atoms with Crippen LogP contribution in [0.4, 0.5) is 34.1 Å². The number of hydrogen-bond donors (Lipinski definition) is 0. The minimum absolute atomic E-state index is 0.134. The van der Waals surface area contributed by atoms with Crippen molar-refractivity contribution in [3.63, 3.8) is 0 Å². The zero-order valence-corrected chi connectivity index (χ0v) is 27.9. The molecular weight excluding hydrogens is 593 g/mol. The Hall–Kier alpha value is -6.12. The minimum atomic E-state index is -0.134. The van der Waals surface area contributed by atoms with Gasteiger partial charge in [-0.3, -0.25) is 0 Å². The van der Waals surface area contributed by atoms with Crippen LogP contribution in [0.2, 0.25) is 0 Å².